The van der Waals surface area contributed by atoms with Gasteiger partial charge in [0.1, 0.15) is 0 Å². The van der Waals surface area contributed by atoms with Crippen LogP contribution >= 0.6 is 0 Å². The molecule has 3 heterocycles. The van der Waals surface area contributed by atoms with E-state index in [9.17, 15) is 0 Å². The normalized spacial score (nSPS) is 18.3. The van der Waals surface area contributed by atoms with Gasteiger partial charge in [-0.05, 0) is 38.9 Å². The average Bonchev–Trinajstić information content (AvgIpc) is 3.22. The van der Waals surface area contributed by atoms with Gasteiger partial charge in [0.25, 0.3) is 0 Å². The summed E-state index contributed by atoms with van der Waals surface area (Å²) in [5, 5.41) is 4.61. The molecule has 0 N–H and O–H groups in total. The monoisotopic (exact) mass is 322 g/mol. The minimum absolute atomic E-state index is 0.641. The molecule has 5 nitrogen and oxygen atoms in total. The van der Waals surface area contributed by atoms with Gasteiger partial charge in [0.2, 0.25) is 5.88 Å². The molecule has 0 spiro atoms. The number of nitrogens with zero attached hydrogens (tertiary/aromatic N) is 4. The van der Waals surface area contributed by atoms with Crippen molar-refractivity contribution in [1.82, 2.24) is 19.5 Å². The van der Waals surface area contributed by atoms with E-state index in [2.05, 4.69) is 34.2 Å². The second-order valence-corrected chi connectivity index (χ2v) is 6.36. The first-order valence-electron chi connectivity index (χ1n) is 8.54. The van der Waals surface area contributed by atoms with Crippen molar-refractivity contribution in [1.29, 1.82) is 0 Å². The summed E-state index contributed by atoms with van der Waals surface area (Å²) in [5.74, 6) is 0.651. The quantitative estimate of drug-likeness (QED) is 0.723. The van der Waals surface area contributed by atoms with Crippen molar-refractivity contribution >= 4 is 5.65 Å². The second kappa shape index (κ2) is 6.61. The zero-order valence-electron chi connectivity index (χ0n) is 13.9. The van der Waals surface area contributed by atoms with E-state index in [0.717, 1.165) is 23.3 Å². The van der Waals surface area contributed by atoms with E-state index in [0.29, 0.717) is 18.5 Å². The Kier molecular flexibility index (Phi) is 4.17. The molecule has 1 fully saturated rings. The highest BCUT2D eigenvalue weighted by Gasteiger charge is 2.20. The van der Waals surface area contributed by atoms with E-state index >= 15 is 0 Å². The van der Waals surface area contributed by atoms with Crippen LogP contribution in [-0.4, -0.2) is 45.7 Å². The largest absolute Gasteiger partial charge is 0.477 e. The van der Waals surface area contributed by atoms with Gasteiger partial charge in [0, 0.05) is 17.7 Å². The third-order valence-electron chi connectivity index (χ3n) is 4.78. The van der Waals surface area contributed by atoms with E-state index in [1.807, 2.05) is 41.0 Å². The SMILES string of the molecule is CN1CCCC1CCOc1ccc2ncc(-c3ccccc3)n2n1. The Hall–Kier alpha value is -2.40. The molecule has 124 valence electrons. The fourth-order valence-electron chi connectivity index (χ4n) is 3.38. The number of fused-ring (bicyclic) bond motifs is 1. The van der Waals surface area contributed by atoms with Crippen LogP contribution in [0.3, 0.4) is 0 Å². The van der Waals surface area contributed by atoms with Gasteiger partial charge in [-0.2, -0.15) is 0 Å². The molecule has 0 bridgehead atoms. The Morgan fingerprint density at radius 3 is 2.83 bits per heavy atom. The molecule has 1 aromatic carbocycles. The minimum atomic E-state index is 0.641. The van der Waals surface area contributed by atoms with Gasteiger partial charge in [-0.3, -0.25) is 0 Å². The Morgan fingerprint density at radius 1 is 1.17 bits per heavy atom. The Labute approximate surface area is 141 Å². The van der Waals surface area contributed by atoms with Gasteiger partial charge in [-0.25, -0.2) is 9.50 Å². The molecule has 1 atom stereocenters. The number of rotatable bonds is 5. The first-order valence-corrected chi connectivity index (χ1v) is 8.54. The topological polar surface area (TPSA) is 42.7 Å². The summed E-state index contributed by atoms with van der Waals surface area (Å²) in [6, 6.07) is 14.7. The van der Waals surface area contributed by atoms with Gasteiger partial charge < -0.3 is 9.64 Å². The molecule has 0 aliphatic carbocycles. The summed E-state index contributed by atoms with van der Waals surface area (Å²) < 4.78 is 7.75. The summed E-state index contributed by atoms with van der Waals surface area (Å²) >= 11 is 0. The van der Waals surface area contributed by atoms with Crippen molar-refractivity contribution in [2.75, 3.05) is 20.2 Å². The number of benzene rings is 1. The van der Waals surface area contributed by atoms with E-state index in [1.54, 1.807) is 0 Å². The molecule has 0 amide bonds. The van der Waals surface area contributed by atoms with Crippen LogP contribution in [0.5, 0.6) is 5.88 Å². The van der Waals surface area contributed by atoms with E-state index < -0.39 is 0 Å². The summed E-state index contributed by atoms with van der Waals surface area (Å²) in [6.07, 6.45) is 5.47. The Balaban J connectivity index is 1.50. The molecular weight excluding hydrogens is 300 g/mol. The maximum absolute atomic E-state index is 5.90. The van der Waals surface area contributed by atoms with Crippen LogP contribution in [0.4, 0.5) is 0 Å². The zero-order chi connectivity index (χ0) is 16.4. The fourth-order valence-corrected chi connectivity index (χ4v) is 3.38. The molecule has 0 saturated carbocycles. The van der Waals surface area contributed by atoms with Gasteiger partial charge in [0.05, 0.1) is 18.5 Å². The minimum Gasteiger partial charge on any atom is -0.477 e. The molecule has 1 aliphatic heterocycles. The number of ether oxygens (including phenoxy) is 1. The predicted octanol–water partition coefficient (Wildman–Crippen LogP) is 3.26. The summed E-state index contributed by atoms with van der Waals surface area (Å²) in [6.45, 7) is 1.90. The summed E-state index contributed by atoms with van der Waals surface area (Å²) in [4.78, 5) is 6.85. The number of imidazole rings is 1. The maximum atomic E-state index is 5.90. The van der Waals surface area contributed by atoms with Crippen LogP contribution in [-0.2, 0) is 0 Å². The van der Waals surface area contributed by atoms with Crippen LogP contribution in [0.15, 0.2) is 48.7 Å². The van der Waals surface area contributed by atoms with Gasteiger partial charge >= 0.3 is 0 Å². The molecule has 1 unspecified atom stereocenters. The Morgan fingerprint density at radius 2 is 2.04 bits per heavy atom. The second-order valence-electron chi connectivity index (χ2n) is 6.36. The van der Waals surface area contributed by atoms with Crippen LogP contribution in [0, 0.1) is 0 Å². The van der Waals surface area contributed by atoms with E-state index in [4.69, 9.17) is 4.74 Å². The van der Waals surface area contributed by atoms with Crippen molar-refractivity contribution in [2.24, 2.45) is 0 Å². The van der Waals surface area contributed by atoms with Gasteiger partial charge in [0.15, 0.2) is 5.65 Å². The fraction of sp³-hybridized carbons (Fsp3) is 0.368. The first-order chi connectivity index (χ1) is 11.8. The van der Waals surface area contributed by atoms with Crippen LogP contribution < -0.4 is 4.74 Å². The number of hydrogen-bond donors (Lipinski definition) is 0. The lowest BCUT2D eigenvalue weighted by Crippen LogP contribution is -2.26. The lowest BCUT2D eigenvalue weighted by atomic mass is 10.1. The van der Waals surface area contributed by atoms with E-state index in [-0.39, 0.29) is 0 Å². The molecule has 1 saturated heterocycles. The molecule has 1 aliphatic rings. The molecule has 0 radical (unpaired) electrons. The maximum Gasteiger partial charge on any atom is 0.231 e. The highest BCUT2D eigenvalue weighted by molar-refractivity contribution is 5.62. The number of hydrogen-bond acceptors (Lipinski definition) is 4. The smallest absolute Gasteiger partial charge is 0.231 e. The number of likely N-dealkylation sites (tertiary alicyclic amines) is 1. The Bertz CT molecular complexity index is 815. The van der Waals surface area contributed by atoms with Gasteiger partial charge in [-0.15, -0.1) is 5.10 Å². The summed E-state index contributed by atoms with van der Waals surface area (Å²) in [7, 11) is 2.19. The average molecular weight is 322 g/mol. The van der Waals surface area contributed by atoms with E-state index in [1.165, 1.54) is 19.4 Å². The molecule has 5 heteroatoms. The van der Waals surface area contributed by atoms with Crippen molar-refractivity contribution in [3.63, 3.8) is 0 Å². The van der Waals surface area contributed by atoms with Crippen LogP contribution in [0.1, 0.15) is 19.3 Å². The highest BCUT2D eigenvalue weighted by atomic mass is 16.5. The standard InChI is InChI=1S/C19H22N4O/c1-22-12-5-8-16(22)11-13-24-19-10-9-18-20-14-17(23(18)21-19)15-6-3-2-4-7-15/h2-4,6-7,9-10,14,16H,5,8,11-13H2,1H3. The third-order valence-corrected chi connectivity index (χ3v) is 4.78. The van der Waals surface area contributed by atoms with Gasteiger partial charge in [-0.1, -0.05) is 30.3 Å². The predicted molar refractivity (Wildman–Crippen MR) is 94.2 cm³/mol. The van der Waals surface area contributed by atoms with Crippen molar-refractivity contribution in [3.05, 3.63) is 48.7 Å². The van der Waals surface area contributed by atoms with Crippen molar-refractivity contribution in [2.45, 2.75) is 25.3 Å². The third kappa shape index (κ3) is 2.99. The van der Waals surface area contributed by atoms with Crippen molar-refractivity contribution < 1.29 is 4.74 Å². The summed E-state index contributed by atoms with van der Waals surface area (Å²) in [5.41, 5.74) is 2.91. The molecule has 3 aromatic rings. The highest BCUT2D eigenvalue weighted by Crippen LogP contribution is 2.22. The lowest BCUT2D eigenvalue weighted by molar-refractivity contribution is 0.227. The van der Waals surface area contributed by atoms with Crippen molar-refractivity contribution in [3.8, 4) is 17.1 Å². The number of aromatic nitrogens is 3. The molecular formula is C19H22N4O. The molecule has 4 rings (SSSR count). The molecule has 24 heavy (non-hydrogen) atoms. The first kappa shape index (κ1) is 15.1. The zero-order valence-corrected chi connectivity index (χ0v) is 13.9. The van der Waals surface area contributed by atoms with Crippen LogP contribution in [0.25, 0.3) is 16.9 Å². The molecule has 2 aromatic heterocycles. The van der Waals surface area contributed by atoms with Crippen LogP contribution in [0.2, 0.25) is 0 Å². The lowest BCUT2D eigenvalue weighted by Gasteiger charge is -2.19.